The summed E-state index contributed by atoms with van der Waals surface area (Å²) < 4.78 is 20.1. The largest absolute Gasteiger partial charge is 0.492 e. The second kappa shape index (κ2) is 6.23. The van der Waals surface area contributed by atoms with Gasteiger partial charge in [-0.1, -0.05) is 23.7 Å². The second-order valence-corrected chi connectivity index (χ2v) is 5.28. The summed E-state index contributed by atoms with van der Waals surface area (Å²) in [6.07, 6.45) is 0.634. The number of aromatic nitrogens is 2. The van der Waals surface area contributed by atoms with Crippen LogP contribution in [0.25, 0.3) is 11.0 Å². The lowest BCUT2D eigenvalue weighted by Crippen LogP contribution is -2.18. The second-order valence-electron chi connectivity index (χ2n) is 4.88. The third-order valence-electron chi connectivity index (χ3n) is 3.36. The molecule has 22 heavy (non-hydrogen) atoms. The van der Waals surface area contributed by atoms with Gasteiger partial charge in [-0.05, 0) is 36.8 Å². The Bertz CT molecular complexity index is 857. The molecule has 0 spiro atoms. The highest BCUT2D eigenvalue weighted by atomic mass is 35.5. The van der Waals surface area contributed by atoms with Crippen LogP contribution in [0.2, 0.25) is 5.02 Å². The number of rotatable bonds is 5. The highest BCUT2D eigenvalue weighted by molar-refractivity contribution is 6.32. The molecule has 0 fully saturated rings. The third-order valence-corrected chi connectivity index (χ3v) is 3.65. The molecule has 0 saturated heterocycles. The number of nitrogens with one attached hydrogen (secondary N) is 1. The summed E-state index contributed by atoms with van der Waals surface area (Å²) in [5, 5.41) is 0.240. The van der Waals surface area contributed by atoms with Gasteiger partial charge in [0.2, 0.25) is 0 Å². The first-order chi connectivity index (χ1) is 10.6. The lowest BCUT2D eigenvalue weighted by Gasteiger charge is -2.08. The van der Waals surface area contributed by atoms with Crippen LogP contribution in [0.5, 0.6) is 5.75 Å². The first-order valence-electron chi connectivity index (χ1n) is 6.90. The molecule has 6 heteroatoms. The zero-order chi connectivity index (χ0) is 15.5. The number of fused-ring (bicyclic) bond motifs is 1. The van der Waals surface area contributed by atoms with Gasteiger partial charge in [-0.2, -0.15) is 0 Å². The van der Waals surface area contributed by atoms with E-state index in [1.165, 1.54) is 18.2 Å². The number of imidazole rings is 1. The highest BCUT2D eigenvalue weighted by Crippen LogP contribution is 2.24. The molecule has 1 N–H and O–H groups in total. The molecule has 0 aliphatic carbocycles. The van der Waals surface area contributed by atoms with Gasteiger partial charge in [0.1, 0.15) is 11.6 Å². The Kier molecular flexibility index (Phi) is 4.15. The number of ether oxygens (including phenoxy) is 1. The number of halogens is 2. The maximum atomic E-state index is 12.9. The van der Waals surface area contributed by atoms with Gasteiger partial charge in [-0.15, -0.1) is 0 Å². The fraction of sp³-hybridized carbons (Fsp3) is 0.188. The number of H-pyrrole nitrogens is 1. The maximum Gasteiger partial charge on any atom is 0.326 e. The van der Waals surface area contributed by atoms with Crippen molar-refractivity contribution >= 4 is 22.6 Å². The molecule has 114 valence electrons. The van der Waals surface area contributed by atoms with Crippen molar-refractivity contribution in [2.45, 2.75) is 13.0 Å². The first-order valence-corrected chi connectivity index (χ1v) is 7.28. The van der Waals surface area contributed by atoms with Crippen molar-refractivity contribution in [1.82, 2.24) is 9.55 Å². The third kappa shape index (κ3) is 2.99. The van der Waals surface area contributed by atoms with Gasteiger partial charge in [0.15, 0.2) is 0 Å². The summed E-state index contributed by atoms with van der Waals surface area (Å²) in [5.41, 5.74) is 1.54. The van der Waals surface area contributed by atoms with E-state index in [1.807, 2.05) is 24.3 Å². The van der Waals surface area contributed by atoms with Crippen molar-refractivity contribution in [3.63, 3.8) is 0 Å². The Hall–Kier alpha value is -2.27. The molecule has 2 aromatic carbocycles. The van der Waals surface area contributed by atoms with Crippen LogP contribution in [0.4, 0.5) is 4.39 Å². The Morgan fingerprint density at radius 3 is 2.86 bits per heavy atom. The van der Waals surface area contributed by atoms with Gasteiger partial charge in [0, 0.05) is 6.54 Å². The van der Waals surface area contributed by atoms with Crippen LogP contribution >= 0.6 is 11.6 Å². The maximum absolute atomic E-state index is 12.9. The molecular weight excluding hydrogens is 307 g/mol. The smallest absolute Gasteiger partial charge is 0.326 e. The van der Waals surface area contributed by atoms with Crippen molar-refractivity contribution in [3.05, 3.63) is 63.8 Å². The molecule has 3 aromatic rings. The Morgan fingerprint density at radius 1 is 1.23 bits per heavy atom. The molecule has 0 unspecified atom stereocenters. The average Bonchev–Trinajstić information content (AvgIpc) is 2.81. The fourth-order valence-corrected chi connectivity index (χ4v) is 2.55. The minimum absolute atomic E-state index is 0.138. The molecular formula is C16H14ClFN2O2. The number of hydrogen-bond donors (Lipinski definition) is 1. The van der Waals surface area contributed by atoms with Crippen molar-refractivity contribution in [1.29, 1.82) is 0 Å². The summed E-state index contributed by atoms with van der Waals surface area (Å²) in [7, 11) is 0. The predicted octanol–water partition coefficient (Wildman–Crippen LogP) is 3.59. The van der Waals surface area contributed by atoms with Gasteiger partial charge in [0.25, 0.3) is 0 Å². The summed E-state index contributed by atoms with van der Waals surface area (Å²) >= 11 is 5.89. The SMILES string of the molecule is O=c1[nH]c2ccccc2n1CCCOc1ccc(F)cc1Cl. The standard InChI is InChI=1S/C16H14ClFN2O2/c17-12-10-11(18)6-7-15(12)22-9-3-8-20-14-5-2-1-4-13(14)19-16(20)21/h1-2,4-7,10H,3,8-9H2,(H,19,21). The first kappa shape index (κ1) is 14.7. The number of para-hydroxylation sites is 2. The Balaban J connectivity index is 1.63. The molecule has 0 aliphatic rings. The zero-order valence-corrected chi connectivity index (χ0v) is 12.4. The summed E-state index contributed by atoms with van der Waals surface area (Å²) in [6, 6.07) is 11.5. The van der Waals surface area contributed by atoms with Crippen LogP contribution in [0.3, 0.4) is 0 Å². The van der Waals surface area contributed by atoms with Crippen molar-refractivity contribution < 1.29 is 9.13 Å². The quantitative estimate of drug-likeness (QED) is 0.730. The van der Waals surface area contributed by atoms with E-state index in [4.69, 9.17) is 16.3 Å². The van der Waals surface area contributed by atoms with Gasteiger partial charge in [-0.25, -0.2) is 9.18 Å². The van der Waals surface area contributed by atoms with E-state index in [0.29, 0.717) is 25.3 Å². The van der Waals surface area contributed by atoms with Crippen LogP contribution in [0.15, 0.2) is 47.3 Å². The lowest BCUT2D eigenvalue weighted by molar-refractivity contribution is 0.301. The number of hydrogen-bond acceptors (Lipinski definition) is 2. The van der Waals surface area contributed by atoms with E-state index in [9.17, 15) is 9.18 Å². The van der Waals surface area contributed by atoms with Crippen LogP contribution in [0, 0.1) is 5.82 Å². The van der Waals surface area contributed by atoms with Crippen molar-refractivity contribution in [2.24, 2.45) is 0 Å². The molecule has 1 heterocycles. The minimum atomic E-state index is -0.400. The van der Waals surface area contributed by atoms with Gasteiger partial charge in [0.05, 0.1) is 22.7 Å². The van der Waals surface area contributed by atoms with Gasteiger partial charge in [-0.3, -0.25) is 4.57 Å². The zero-order valence-electron chi connectivity index (χ0n) is 11.7. The topological polar surface area (TPSA) is 47.0 Å². The molecule has 0 bridgehead atoms. The highest BCUT2D eigenvalue weighted by Gasteiger charge is 2.06. The molecule has 3 rings (SSSR count). The number of aromatic amines is 1. The molecule has 0 atom stereocenters. The fourth-order valence-electron chi connectivity index (χ4n) is 2.33. The molecule has 4 nitrogen and oxygen atoms in total. The van der Waals surface area contributed by atoms with Gasteiger partial charge >= 0.3 is 5.69 Å². The van der Waals surface area contributed by atoms with Crippen LogP contribution < -0.4 is 10.4 Å². The molecule has 1 aromatic heterocycles. The van der Waals surface area contributed by atoms with Crippen LogP contribution in [-0.4, -0.2) is 16.2 Å². The van der Waals surface area contributed by atoms with Crippen LogP contribution in [0.1, 0.15) is 6.42 Å². The van der Waals surface area contributed by atoms with E-state index in [-0.39, 0.29) is 10.7 Å². The van der Waals surface area contributed by atoms with E-state index < -0.39 is 5.82 Å². The van der Waals surface area contributed by atoms with Crippen molar-refractivity contribution in [3.8, 4) is 5.75 Å². The molecule has 0 aliphatic heterocycles. The summed E-state index contributed by atoms with van der Waals surface area (Å²) in [4.78, 5) is 14.7. The number of nitrogens with zero attached hydrogens (tertiary/aromatic N) is 1. The Labute approximate surface area is 131 Å². The normalized spacial score (nSPS) is 11.0. The average molecular weight is 321 g/mol. The molecule has 0 saturated carbocycles. The van der Waals surface area contributed by atoms with Gasteiger partial charge < -0.3 is 9.72 Å². The number of benzene rings is 2. The van der Waals surface area contributed by atoms with E-state index in [0.717, 1.165) is 11.0 Å². The van der Waals surface area contributed by atoms with E-state index in [1.54, 1.807) is 4.57 Å². The summed E-state index contributed by atoms with van der Waals surface area (Å²) in [6.45, 7) is 0.916. The monoisotopic (exact) mass is 320 g/mol. The number of aryl methyl sites for hydroxylation is 1. The minimum Gasteiger partial charge on any atom is -0.492 e. The Morgan fingerprint density at radius 2 is 2.05 bits per heavy atom. The summed E-state index contributed by atoms with van der Waals surface area (Å²) in [5.74, 6) is 0.0389. The van der Waals surface area contributed by atoms with E-state index in [2.05, 4.69) is 4.98 Å². The van der Waals surface area contributed by atoms with E-state index >= 15 is 0 Å². The molecule has 0 amide bonds. The molecule has 0 radical (unpaired) electrons. The lowest BCUT2D eigenvalue weighted by atomic mass is 10.3. The van der Waals surface area contributed by atoms with Crippen LogP contribution in [-0.2, 0) is 6.54 Å². The van der Waals surface area contributed by atoms with Crippen molar-refractivity contribution in [2.75, 3.05) is 6.61 Å². The predicted molar refractivity (Wildman–Crippen MR) is 84.1 cm³/mol.